The van der Waals surface area contributed by atoms with Crippen LogP contribution in [0.25, 0.3) is 0 Å². The van der Waals surface area contributed by atoms with Crippen LogP contribution in [0.5, 0.6) is 0 Å². The predicted octanol–water partition coefficient (Wildman–Crippen LogP) is 2.09. The van der Waals surface area contributed by atoms with Gasteiger partial charge in [0.1, 0.15) is 0 Å². The maximum absolute atomic E-state index is 12.0. The van der Waals surface area contributed by atoms with Gasteiger partial charge in [0.25, 0.3) is 0 Å². The Bertz CT molecular complexity index is 364. The van der Waals surface area contributed by atoms with Crippen LogP contribution in [0.2, 0.25) is 0 Å². The summed E-state index contributed by atoms with van der Waals surface area (Å²) in [6, 6.07) is -0.164. The Hall–Kier alpha value is -1.52. The van der Waals surface area contributed by atoms with E-state index in [4.69, 9.17) is 5.11 Å². The molecule has 1 aliphatic heterocycles. The number of amides is 2. The molecular weight excluding hydrogens is 244 g/mol. The monoisotopic (exact) mass is 268 g/mol. The van der Waals surface area contributed by atoms with E-state index in [0.29, 0.717) is 25.4 Å². The van der Waals surface area contributed by atoms with Gasteiger partial charge in [0.15, 0.2) is 0 Å². The molecule has 1 unspecified atom stereocenters. The molecule has 0 spiro atoms. The summed E-state index contributed by atoms with van der Waals surface area (Å²) in [5.74, 6) is -1.05. The van der Waals surface area contributed by atoms with Crippen molar-refractivity contribution in [3.63, 3.8) is 0 Å². The van der Waals surface area contributed by atoms with Gasteiger partial charge in [-0.3, -0.25) is 4.79 Å². The number of nitrogens with zero attached hydrogens (tertiary/aromatic N) is 1. The first kappa shape index (κ1) is 15.5. The molecule has 5 heteroatoms. The maximum atomic E-state index is 12.0. The van der Waals surface area contributed by atoms with E-state index in [1.54, 1.807) is 4.90 Å². The lowest BCUT2D eigenvalue weighted by Crippen LogP contribution is -2.45. The molecule has 19 heavy (non-hydrogen) atoms. The zero-order valence-corrected chi connectivity index (χ0v) is 12.0. The molecule has 0 aromatic rings. The fourth-order valence-corrected chi connectivity index (χ4v) is 2.25. The summed E-state index contributed by atoms with van der Waals surface area (Å²) in [5.41, 5.74) is 1.18. The minimum absolute atomic E-state index is 0.164. The van der Waals surface area contributed by atoms with Crippen molar-refractivity contribution in [3.8, 4) is 0 Å². The van der Waals surface area contributed by atoms with Crippen molar-refractivity contribution in [3.05, 3.63) is 11.6 Å². The first-order valence-electron chi connectivity index (χ1n) is 6.81. The van der Waals surface area contributed by atoms with Gasteiger partial charge in [-0.15, -0.1) is 0 Å². The molecule has 0 aromatic heterocycles. The molecule has 0 saturated carbocycles. The van der Waals surface area contributed by atoms with Crippen molar-refractivity contribution in [2.24, 2.45) is 11.8 Å². The second-order valence-electron chi connectivity index (χ2n) is 5.61. The highest BCUT2D eigenvalue weighted by atomic mass is 16.4. The van der Waals surface area contributed by atoms with Gasteiger partial charge in [-0.25, -0.2) is 4.79 Å². The van der Waals surface area contributed by atoms with Gasteiger partial charge < -0.3 is 15.3 Å². The Morgan fingerprint density at radius 3 is 2.68 bits per heavy atom. The minimum Gasteiger partial charge on any atom is -0.481 e. The fraction of sp³-hybridized carbons (Fsp3) is 0.714. The Balaban J connectivity index is 2.43. The van der Waals surface area contributed by atoms with Crippen LogP contribution in [-0.4, -0.2) is 41.6 Å². The fourth-order valence-electron chi connectivity index (χ4n) is 2.25. The Morgan fingerprint density at radius 1 is 1.47 bits per heavy atom. The number of carboxylic acids is 1. The molecule has 2 amide bonds. The summed E-state index contributed by atoms with van der Waals surface area (Å²) >= 11 is 0. The lowest BCUT2D eigenvalue weighted by atomic mass is 9.97. The van der Waals surface area contributed by atoms with Crippen molar-refractivity contribution in [2.45, 2.75) is 33.6 Å². The third-order valence-corrected chi connectivity index (χ3v) is 3.22. The van der Waals surface area contributed by atoms with E-state index in [0.717, 1.165) is 6.42 Å². The number of nitrogens with one attached hydrogen (secondary N) is 1. The number of hydrogen-bond donors (Lipinski definition) is 2. The van der Waals surface area contributed by atoms with Crippen LogP contribution in [-0.2, 0) is 4.79 Å². The molecule has 0 bridgehead atoms. The highest BCUT2D eigenvalue weighted by Crippen LogP contribution is 2.12. The van der Waals surface area contributed by atoms with E-state index in [2.05, 4.69) is 11.4 Å². The summed E-state index contributed by atoms with van der Waals surface area (Å²) in [6.07, 6.45) is 3.57. The lowest BCUT2D eigenvalue weighted by molar-refractivity contribution is -0.142. The quantitative estimate of drug-likeness (QED) is 0.750. The van der Waals surface area contributed by atoms with Crippen molar-refractivity contribution >= 4 is 12.0 Å². The number of aliphatic carboxylic acids is 1. The molecule has 1 aliphatic rings. The van der Waals surface area contributed by atoms with Crippen molar-refractivity contribution < 1.29 is 14.7 Å². The molecule has 2 N–H and O–H groups in total. The first-order valence-corrected chi connectivity index (χ1v) is 6.81. The highest BCUT2D eigenvalue weighted by Gasteiger charge is 2.22. The van der Waals surface area contributed by atoms with E-state index in [-0.39, 0.29) is 12.6 Å². The topological polar surface area (TPSA) is 69.6 Å². The van der Waals surface area contributed by atoms with Crippen LogP contribution < -0.4 is 5.32 Å². The van der Waals surface area contributed by atoms with Gasteiger partial charge in [-0.1, -0.05) is 25.5 Å². The Morgan fingerprint density at radius 2 is 2.16 bits per heavy atom. The van der Waals surface area contributed by atoms with Crippen LogP contribution in [0.3, 0.4) is 0 Å². The van der Waals surface area contributed by atoms with Gasteiger partial charge in [-0.2, -0.15) is 0 Å². The van der Waals surface area contributed by atoms with Gasteiger partial charge in [0.05, 0.1) is 5.92 Å². The molecule has 5 nitrogen and oxygen atoms in total. The zero-order chi connectivity index (χ0) is 14.4. The van der Waals surface area contributed by atoms with Crippen LogP contribution in [0.4, 0.5) is 4.79 Å². The molecule has 0 saturated heterocycles. The molecule has 0 aliphatic carbocycles. The summed E-state index contributed by atoms with van der Waals surface area (Å²) in [4.78, 5) is 24.8. The normalized spacial score (nSPS) is 17.1. The lowest BCUT2D eigenvalue weighted by Gasteiger charge is -2.27. The largest absolute Gasteiger partial charge is 0.481 e. The van der Waals surface area contributed by atoms with Gasteiger partial charge in [-0.05, 0) is 25.7 Å². The average molecular weight is 268 g/mol. The van der Waals surface area contributed by atoms with Gasteiger partial charge in [0.2, 0.25) is 0 Å². The SMILES string of the molecule is CC1=CCCN(C(=O)NCC(CC(C)C)C(=O)O)C1. The zero-order valence-electron chi connectivity index (χ0n) is 12.0. The van der Waals surface area contributed by atoms with Gasteiger partial charge >= 0.3 is 12.0 Å². The average Bonchev–Trinajstić information content (AvgIpc) is 2.33. The van der Waals surface area contributed by atoms with Crippen molar-refractivity contribution in [1.29, 1.82) is 0 Å². The highest BCUT2D eigenvalue weighted by molar-refractivity contribution is 5.76. The molecule has 1 rings (SSSR count). The maximum Gasteiger partial charge on any atom is 0.317 e. The third kappa shape index (κ3) is 5.32. The Kier molecular flexibility index (Phi) is 5.86. The number of carbonyl (C=O) groups is 2. The standard InChI is InChI=1S/C14H24N2O3/c1-10(2)7-12(13(17)18)8-15-14(19)16-6-4-5-11(3)9-16/h5,10,12H,4,6-9H2,1-3H3,(H,15,19)(H,17,18). The van der Waals surface area contributed by atoms with E-state index in [1.807, 2.05) is 20.8 Å². The first-order chi connectivity index (χ1) is 8.90. The number of carboxylic acid groups (broad SMARTS) is 1. The van der Waals surface area contributed by atoms with Crippen LogP contribution >= 0.6 is 0 Å². The minimum atomic E-state index is -0.844. The van der Waals surface area contributed by atoms with Crippen molar-refractivity contribution in [2.75, 3.05) is 19.6 Å². The molecule has 1 heterocycles. The molecule has 0 aromatic carbocycles. The van der Waals surface area contributed by atoms with E-state index in [1.165, 1.54) is 5.57 Å². The number of hydrogen-bond acceptors (Lipinski definition) is 2. The number of rotatable bonds is 5. The van der Waals surface area contributed by atoms with Gasteiger partial charge in [0, 0.05) is 19.6 Å². The smallest absolute Gasteiger partial charge is 0.317 e. The molecule has 0 radical (unpaired) electrons. The van der Waals surface area contributed by atoms with Crippen molar-refractivity contribution in [1.82, 2.24) is 10.2 Å². The van der Waals surface area contributed by atoms with E-state index in [9.17, 15) is 9.59 Å². The predicted molar refractivity (Wildman–Crippen MR) is 73.9 cm³/mol. The molecule has 0 fully saturated rings. The van der Waals surface area contributed by atoms with E-state index < -0.39 is 11.9 Å². The van der Waals surface area contributed by atoms with E-state index >= 15 is 0 Å². The summed E-state index contributed by atoms with van der Waals surface area (Å²) in [6.45, 7) is 7.50. The third-order valence-electron chi connectivity index (χ3n) is 3.22. The summed E-state index contributed by atoms with van der Waals surface area (Å²) in [5, 5.41) is 11.9. The number of carbonyl (C=O) groups excluding carboxylic acids is 1. The second kappa shape index (κ2) is 7.16. The molecule has 108 valence electrons. The Labute approximate surface area is 114 Å². The summed E-state index contributed by atoms with van der Waals surface area (Å²) in [7, 11) is 0. The van der Waals surface area contributed by atoms with Crippen LogP contribution in [0, 0.1) is 11.8 Å². The number of urea groups is 1. The molecular formula is C14H24N2O3. The van der Waals surface area contributed by atoms with Crippen LogP contribution in [0.1, 0.15) is 33.6 Å². The summed E-state index contributed by atoms with van der Waals surface area (Å²) < 4.78 is 0. The van der Waals surface area contributed by atoms with Crippen LogP contribution in [0.15, 0.2) is 11.6 Å². The molecule has 1 atom stereocenters. The second-order valence-corrected chi connectivity index (χ2v) is 5.61.